The van der Waals surface area contributed by atoms with Crippen LogP contribution < -0.4 is 5.32 Å². The molecule has 0 saturated carbocycles. The summed E-state index contributed by atoms with van der Waals surface area (Å²) in [6.45, 7) is 1.92. The summed E-state index contributed by atoms with van der Waals surface area (Å²) in [6.07, 6.45) is 0. The molecule has 8 heteroatoms. The monoisotopic (exact) mass is 361 g/mol. The number of halogens is 2. The molecule has 0 atom stereocenters. The molecule has 2 aromatic carbocycles. The van der Waals surface area contributed by atoms with Crippen molar-refractivity contribution in [1.82, 2.24) is 20.2 Å². The molecule has 1 aromatic heterocycles. The zero-order chi connectivity index (χ0) is 17.1. The normalized spacial score (nSPS) is 10.6. The minimum atomic E-state index is -0.327. The van der Waals surface area contributed by atoms with Crippen LogP contribution in [0.15, 0.2) is 42.5 Å². The molecule has 1 heterocycles. The van der Waals surface area contributed by atoms with E-state index in [0.717, 1.165) is 11.1 Å². The van der Waals surface area contributed by atoms with Gasteiger partial charge in [0, 0.05) is 10.6 Å². The summed E-state index contributed by atoms with van der Waals surface area (Å²) in [5, 5.41) is 15.6. The Hall–Kier alpha value is -2.44. The number of hydrogen-bond donors (Lipinski definition) is 1. The highest BCUT2D eigenvalue weighted by molar-refractivity contribution is 6.35. The Morgan fingerprint density at radius 2 is 1.92 bits per heavy atom. The molecule has 3 rings (SSSR count). The fourth-order valence-electron chi connectivity index (χ4n) is 2.04. The summed E-state index contributed by atoms with van der Waals surface area (Å²) in [6, 6.07) is 12.6. The van der Waals surface area contributed by atoms with Gasteiger partial charge in [0.25, 0.3) is 0 Å². The van der Waals surface area contributed by atoms with Crippen LogP contribution in [0.1, 0.15) is 5.56 Å². The molecule has 1 N–H and O–H groups in total. The van der Waals surface area contributed by atoms with E-state index in [4.69, 9.17) is 23.2 Å². The molecule has 122 valence electrons. The zero-order valence-corrected chi connectivity index (χ0v) is 14.2. The topological polar surface area (TPSA) is 72.7 Å². The smallest absolute Gasteiger partial charge is 0.248 e. The van der Waals surface area contributed by atoms with Gasteiger partial charge in [0.05, 0.1) is 10.7 Å². The van der Waals surface area contributed by atoms with Crippen LogP contribution in [0, 0.1) is 6.92 Å². The largest absolute Gasteiger partial charge is 0.323 e. The van der Waals surface area contributed by atoms with Crippen molar-refractivity contribution >= 4 is 34.8 Å². The highest BCUT2D eigenvalue weighted by Crippen LogP contribution is 2.25. The number of rotatable bonds is 4. The predicted molar refractivity (Wildman–Crippen MR) is 93.1 cm³/mol. The van der Waals surface area contributed by atoms with Gasteiger partial charge < -0.3 is 5.32 Å². The molecule has 3 aromatic rings. The highest BCUT2D eigenvalue weighted by atomic mass is 35.5. The minimum absolute atomic E-state index is 0.0816. The first kappa shape index (κ1) is 16.4. The third-order valence-electron chi connectivity index (χ3n) is 3.25. The third kappa shape index (κ3) is 3.90. The minimum Gasteiger partial charge on any atom is -0.323 e. The molecule has 0 radical (unpaired) electrons. The predicted octanol–water partition coefficient (Wildman–Crippen LogP) is 3.59. The molecule has 0 fully saturated rings. The molecule has 0 aliphatic rings. The van der Waals surface area contributed by atoms with Gasteiger partial charge in [-0.15, -0.1) is 10.2 Å². The fraction of sp³-hybridized carbons (Fsp3) is 0.125. The molecule has 0 unspecified atom stereocenters. The second kappa shape index (κ2) is 6.98. The maximum atomic E-state index is 12.1. The van der Waals surface area contributed by atoms with E-state index >= 15 is 0 Å². The summed E-state index contributed by atoms with van der Waals surface area (Å²) in [5.41, 5.74) is 2.42. The Bertz CT molecular complexity index is 876. The molecule has 24 heavy (non-hydrogen) atoms. The van der Waals surface area contributed by atoms with Crippen molar-refractivity contribution in [3.05, 3.63) is 58.1 Å². The average Bonchev–Trinajstić information content (AvgIpc) is 3.00. The molecular weight excluding hydrogens is 349 g/mol. The van der Waals surface area contributed by atoms with Crippen LogP contribution in [0.3, 0.4) is 0 Å². The summed E-state index contributed by atoms with van der Waals surface area (Å²) in [5.74, 6) is 0.135. The lowest BCUT2D eigenvalue weighted by molar-refractivity contribution is -0.117. The first-order valence-corrected chi connectivity index (χ1v) is 7.86. The molecule has 0 spiro atoms. The number of hydrogen-bond acceptors (Lipinski definition) is 4. The Kier molecular flexibility index (Phi) is 4.78. The van der Waals surface area contributed by atoms with Crippen LogP contribution in [0.2, 0.25) is 10.0 Å². The maximum Gasteiger partial charge on any atom is 0.248 e. The highest BCUT2D eigenvalue weighted by Gasteiger charge is 2.11. The number of nitrogens with zero attached hydrogens (tertiary/aromatic N) is 4. The Morgan fingerprint density at radius 1 is 1.17 bits per heavy atom. The van der Waals surface area contributed by atoms with Crippen LogP contribution in [0.25, 0.3) is 11.4 Å². The van der Waals surface area contributed by atoms with Gasteiger partial charge in [-0.2, -0.15) is 4.80 Å². The van der Waals surface area contributed by atoms with Gasteiger partial charge in [0.1, 0.15) is 6.54 Å². The van der Waals surface area contributed by atoms with E-state index in [1.165, 1.54) is 4.80 Å². The first-order chi connectivity index (χ1) is 11.5. The van der Waals surface area contributed by atoms with Crippen molar-refractivity contribution in [2.45, 2.75) is 13.5 Å². The van der Waals surface area contributed by atoms with Crippen molar-refractivity contribution in [3.8, 4) is 11.4 Å². The number of nitrogens with one attached hydrogen (secondary N) is 1. The van der Waals surface area contributed by atoms with Crippen LogP contribution >= 0.6 is 23.2 Å². The molecule has 1 amide bonds. The van der Waals surface area contributed by atoms with Gasteiger partial charge in [0.2, 0.25) is 11.7 Å². The summed E-state index contributed by atoms with van der Waals surface area (Å²) < 4.78 is 0. The van der Waals surface area contributed by atoms with E-state index in [0.29, 0.717) is 21.6 Å². The van der Waals surface area contributed by atoms with Gasteiger partial charge >= 0.3 is 0 Å². The molecular formula is C16H13Cl2N5O. The van der Waals surface area contributed by atoms with E-state index in [1.54, 1.807) is 18.2 Å². The fourth-order valence-corrected chi connectivity index (χ4v) is 2.38. The van der Waals surface area contributed by atoms with Crippen LogP contribution in [0.4, 0.5) is 5.69 Å². The van der Waals surface area contributed by atoms with Crippen molar-refractivity contribution in [2.24, 2.45) is 0 Å². The van der Waals surface area contributed by atoms with Crippen molar-refractivity contribution < 1.29 is 4.79 Å². The Balaban J connectivity index is 1.69. The molecule has 0 aliphatic carbocycles. The number of aryl methyl sites for hydroxylation is 1. The number of carbonyl (C=O) groups is 1. The first-order valence-electron chi connectivity index (χ1n) is 7.11. The quantitative estimate of drug-likeness (QED) is 0.770. The second-order valence-electron chi connectivity index (χ2n) is 5.18. The van der Waals surface area contributed by atoms with Crippen LogP contribution in [-0.2, 0) is 11.3 Å². The van der Waals surface area contributed by atoms with E-state index in [-0.39, 0.29) is 12.5 Å². The maximum absolute atomic E-state index is 12.1. The number of benzene rings is 2. The van der Waals surface area contributed by atoms with E-state index < -0.39 is 0 Å². The molecule has 0 bridgehead atoms. The van der Waals surface area contributed by atoms with Crippen molar-refractivity contribution in [2.75, 3.05) is 5.32 Å². The van der Waals surface area contributed by atoms with Gasteiger partial charge in [-0.1, -0.05) is 53.0 Å². The van der Waals surface area contributed by atoms with Crippen molar-refractivity contribution in [3.63, 3.8) is 0 Å². The SMILES string of the molecule is Cc1ccc(-c2nnn(CC(=O)Nc3cc(Cl)ccc3Cl)n2)cc1. The van der Waals surface area contributed by atoms with Gasteiger partial charge in [-0.25, -0.2) is 0 Å². The lowest BCUT2D eigenvalue weighted by Crippen LogP contribution is -2.20. The number of anilines is 1. The third-order valence-corrected chi connectivity index (χ3v) is 3.81. The van der Waals surface area contributed by atoms with E-state index in [2.05, 4.69) is 20.7 Å². The number of amides is 1. The number of tetrazole rings is 1. The molecule has 6 nitrogen and oxygen atoms in total. The number of carbonyl (C=O) groups excluding carboxylic acids is 1. The van der Waals surface area contributed by atoms with Crippen LogP contribution in [0.5, 0.6) is 0 Å². The summed E-state index contributed by atoms with van der Waals surface area (Å²) in [4.78, 5) is 13.3. The lowest BCUT2D eigenvalue weighted by Gasteiger charge is -2.06. The standard InChI is InChI=1S/C16H13Cl2N5O/c1-10-2-4-11(5-3-10)16-20-22-23(21-16)9-15(24)19-14-8-12(17)6-7-13(14)18/h2-8H,9H2,1H3,(H,19,24). The second-order valence-corrected chi connectivity index (χ2v) is 6.03. The summed E-state index contributed by atoms with van der Waals surface area (Å²) >= 11 is 11.9. The van der Waals surface area contributed by atoms with Crippen LogP contribution in [-0.4, -0.2) is 26.1 Å². The molecule has 0 saturated heterocycles. The van der Waals surface area contributed by atoms with Gasteiger partial charge in [-0.3, -0.25) is 4.79 Å². The lowest BCUT2D eigenvalue weighted by atomic mass is 10.1. The Morgan fingerprint density at radius 3 is 2.67 bits per heavy atom. The van der Waals surface area contributed by atoms with Gasteiger partial charge in [-0.05, 0) is 30.3 Å². The number of aromatic nitrogens is 4. The van der Waals surface area contributed by atoms with E-state index in [1.807, 2.05) is 31.2 Å². The zero-order valence-electron chi connectivity index (χ0n) is 12.7. The van der Waals surface area contributed by atoms with Gasteiger partial charge in [0.15, 0.2) is 0 Å². The average molecular weight is 362 g/mol. The van der Waals surface area contributed by atoms with E-state index in [9.17, 15) is 4.79 Å². The summed E-state index contributed by atoms with van der Waals surface area (Å²) in [7, 11) is 0. The Labute approximate surface area is 148 Å². The molecule has 0 aliphatic heterocycles. The van der Waals surface area contributed by atoms with Crippen molar-refractivity contribution in [1.29, 1.82) is 0 Å².